The minimum Gasteiger partial charge on any atom is -0.492 e. The smallest absolute Gasteiger partial charge is 0.228 e. The molecule has 0 radical (unpaired) electrons. The number of carbonyl (C=O) groups excluding carboxylic acids is 1. The second kappa shape index (κ2) is 8.49. The van der Waals surface area contributed by atoms with Crippen LogP contribution < -0.4 is 10.1 Å². The van der Waals surface area contributed by atoms with Crippen molar-refractivity contribution in [2.75, 3.05) is 32.8 Å². The average molecular weight is 364 g/mol. The van der Waals surface area contributed by atoms with Gasteiger partial charge in [-0.1, -0.05) is 15.9 Å². The predicted octanol–water partition coefficient (Wildman–Crippen LogP) is 2.32. The summed E-state index contributed by atoms with van der Waals surface area (Å²) in [5.41, 5.74) is 0. The number of carbonyl (C=O) groups is 1. The van der Waals surface area contributed by atoms with Gasteiger partial charge in [0.15, 0.2) is 0 Å². The summed E-state index contributed by atoms with van der Waals surface area (Å²) >= 11 is 3.38. The summed E-state index contributed by atoms with van der Waals surface area (Å²) in [4.78, 5) is 13.9. The Kier molecular flexibility index (Phi) is 7.34. The normalized spacial score (nSPS) is 14.1. The first-order valence-corrected chi connectivity index (χ1v) is 7.38. The number of benzene rings is 1. The van der Waals surface area contributed by atoms with Gasteiger partial charge in [0.2, 0.25) is 5.91 Å². The number of halogens is 2. The lowest BCUT2D eigenvalue weighted by Crippen LogP contribution is -2.52. The van der Waals surface area contributed by atoms with Crippen LogP contribution in [0.15, 0.2) is 28.7 Å². The maximum atomic E-state index is 12.1. The molecule has 2 rings (SSSR count). The second-order valence-corrected chi connectivity index (χ2v) is 5.49. The molecule has 6 heteroatoms. The summed E-state index contributed by atoms with van der Waals surface area (Å²) in [6, 6.07) is 7.71. The number of amides is 1. The van der Waals surface area contributed by atoms with E-state index in [1.807, 2.05) is 36.1 Å². The quantitative estimate of drug-likeness (QED) is 0.843. The summed E-state index contributed by atoms with van der Waals surface area (Å²) in [6.07, 6.45) is 0. The predicted molar refractivity (Wildman–Crippen MR) is 85.5 cm³/mol. The van der Waals surface area contributed by atoms with Gasteiger partial charge in [-0.15, -0.1) is 12.4 Å². The minimum atomic E-state index is 0. The molecule has 0 bridgehead atoms. The Morgan fingerprint density at radius 2 is 2.05 bits per heavy atom. The Labute approximate surface area is 134 Å². The molecular weight excluding hydrogens is 344 g/mol. The van der Waals surface area contributed by atoms with Crippen LogP contribution in [0.4, 0.5) is 0 Å². The van der Waals surface area contributed by atoms with Gasteiger partial charge in [-0.2, -0.15) is 0 Å². The van der Waals surface area contributed by atoms with Crippen LogP contribution in [0.25, 0.3) is 0 Å². The summed E-state index contributed by atoms with van der Waals surface area (Å²) in [5, 5.41) is 3.13. The van der Waals surface area contributed by atoms with Crippen LogP contribution in [0.1, 0.15) is 6.92 Å². The first kappa shape index (κ1) is 17.3. The number of rotatable bonds is 6. The molecule has 1 heterocycles. The lowest BCUT2D eigenvalue weighted by Gasteiger charge is -2.31. The molecule has 0 atom stereocenters. The van der Waals surface area contributed by atoms with E-state index in [0.29, 0.717) is 13.2 Å². The molecule has 1 aliphatic rings. The second-order valence-electron chi connectivity index (χ2n) is 4.58. The van der Waals surface area contributed by atoms with Gasteiger partial charge >= 0.3 is 0 Å². The Hall–Kier alpha value is -0.780. The third-order valence-corrected chi connectivity index (χ3v) is 3.80. The Balaban J connectivity index is 0.00000200. The van der Waals surface area contributed by atoms with Crippen molar-refractivity contribution in [1.82, 2.24) is 10.2 Å². The average Bonchev–Trinajstić information content (AvgIpc) is 2.34. The molecule has 0 spiro atoms. The zero-order valence-electron chi connectivity index (χ0n) is 11.5. The van der Waals surface area contributed by atoms with E-state index in [-0.39, 0.29) is 24.2 Å². The van der Waals surface area contributed by atoms with Crippen molar-refractivity contribution in [2.24, 2.45) is 5.92 Å². The fourth-order valence-electron chi connectivity index (χ4n) is 1.95. The number of likely N-dealkylation sites (N-methyl/N-ethyl adjacent to an activating group) is 1. The van der Waals surface area contributed by atoms with Crippen LogP contribution in [-0.2, 0) is 4.79 Å². The van der Waals surface area contributed by atoms with Gasteiger partial charge in [-0.25, -0.2) is 0 Å². The maximum Gasteiger partial charge on any atom is 0.228 e. The van der Waals surface area contributed by atoms with Gasteiger partial charge in [0.25, 0.3) is 0 Å². The van der Waals surface area contributed by atoms with E-state index in [0.717, 1.165) is 29.9 Å². The highest BCUT2D eigenvalue weighted by Crippen LogP contribution is 2.16. The number of hydrogen-bond donors (Lipinski definition) is 1. The van der Waals surface area contributed by atoms with E-state index < -0.39 is 0 Å². The molecule has 1 N–H and O–H groups in total. The number of hydrogen-bond acceptors (Lipinski definition) is 3. The van der Waals surface area contributed by atoms with Crippen molar-refractivity contribution in [1.29, 1.82) is 0 Å². The molecule has 1 amide bonds. The van der Waals surface area contributed by atoms with Gasteiger partial charge in [-0.05, 0) is 31.2 Å². The van der Waals surface area contributed by atoms with E-state index >= 15 is 0 Å². The molecular formula is C14H20BrClN2O2. The summed E-state index contributed by atoms with van der Waals surface area (Å²) in [5.74, 6) is 1.23. The summed E-state index contributed by atoms with van der Waals surface area (Å²) in [7, 11) is 0. The molecule has 1 saturated heterocycles. The highest BCUT2D eigenvalue weighted by Gasteiger charge is 2.28. The van der Waals surface area contributed by atoms with Crippen molar-refractivity contribution in [2.45, 2.75) is 6.92 Å². The molecule has 1 aromatic rings. The number of nitrogens with one attached hydrogen (secondary N) is 1. The minimum absolute atomic E-state index is 0. The molecule has 4 nitrogen and oxygen atoms in total. The Morgan fingerprint density at radius 3 is 2.55 bits per heavy atom. The monoisotopic (exact) mass is 362 g/mol. The number of ether oxygens (including phenoxy) is 1. The van der Waals surface area contributed by atoms with Crippen molar-refractivity contribution in [3.63, 3.8) is 0 Å². The van der Waals surface area contributed by atoms with Crippen LogP contribution in [0.3, 0.4) is 0 Å². The lowest BCUT2D eigenvalue weighted by atomic mass is 10.0. The molecule has 112 valence electrons. The third kappa shape index (κ3) is 4.65. The van der Waals surface area contributed by atoms with Crippen LogP contribution in [-0.4, -0.2) is 43.6 Å². The van der Waals surface area contributed by atoms with E-state index in [9.17, 15) is 4.79 Å². The first-order valence-electron chi connectivity index (χ1n) is 6.58. The van der Waals surface area contributed by atoms with Crippen molar-refractivity contribution < 1.29 is 9.53 Å². The Bertz CT molecular complexity index is 424. The van der Waals surface area contributed by atoms with E-state index in [4.69, 9.17) is 4.74 Å². The molecule has 1 fully saturated rings. The van der Waals surface area contributed by atoms with E-state index in [1.54, 1.807) is 0 Å². The zero-order chi connectivity index (χ0) is 13.7. The van der Waals surface area contributed by atoms with Crippen molar-refractivity contribution in [3.8, 4) is 5.75 Å². The van der Waals surface area contributed by atoms with Crippen LogP contribution in [0, 0.1) is 5.92 Å². The van der Waals surface area contributed by atoms with Crippen LogP contribution >= 0.6 is 28.3 Å². The first-order chi connectivity index (χ1) is 9.20. The van der Waals surface area contributed by atoms with Crippen molar-refractivity contribution >= 4 is 34.2 Å². The maximum absolute atomic E-state index is 12.1. The molecule has 0 saturated carbocycles. The van der Waals surface area contributed by atoms with Gasteiger partial charge < -0.3 is 15.0 Å². The highest BCUT2D eigenvalue weighted by atomic mass is 79.9. The largest absolute Gasteiger partial charge is 0.492 e. The Morgan fingerprint density at radius 1 is 1.40 bits per heavy atom. The lowest BCUT2D eigenvalue weighted by molar-refractivity contribution is -0.137. The SMILES string of the molecule is CCN(CCOc1ccc(Br)cc1)C(=O)C1CNC1.Cl. The molecule has 0 aliphatic carbocycles. The van der Waals surface area contributed by atoms with Crippen LogP contribution in [0.2, 0.25) is 0 Å². The molecule has 0 unspecified atom stereocenters. The van der Waals surface area contributed by atoms with Gasteiger partial charge in [-0.3, -0.25) is 4.79 Å². The fraction of sp³-hybridized carbons (Fsp3) is 0.500. The van der Waals surface area contributed by atoms with Crippen LogP contribution in [0.5, 0.6) is 5.75 Å². The highest BCUT2D eigenvalue weighted by molar-refractivity contribution is 9.10. The molecule has 0 aromatic heterocycles. The molecule has 20 heavy (non-hydrogen) atoms. The molecule has 1 aliphatic heterocycles. The van der Waals surface area contributed by atoms with Gasteiger partial charge in [0.1, 0.15) is 12.4 Å². The fourth-order valence-corrected chi connectivity index (χ4v) is 2.21. The third-order valence-electron chi connectivity index (χ3n) is 3.27. The zero-order valence-corrected chi connectivity index (χ0v) is 13.9. The summed E-state index contributed by atoms with van der Waals surface area (Å²) in [6.45, 7) is 5.53. The van der Waals surface area contributed by atoms with Gasteiger partial charge in [0.05, 0.1) is 12.5 Å². The van der Waals surface area contributed by atoms with Crippen molar-refractivity contribution in [3.05, 3.63) is 28.7 Å². The summed E-state index contributed by atoms with van der Waals surface area (Å²) < 4.78 is 6.67. The topological polar surface area (TPSA) is 41.6 Å². The molecule has 1 aromatic carbocycles. The number of nitrogens with zero attached hydrogens (tertiary/aromatic N) is 1. The van der Waals surface area contributed by atoms with Gasteiger partial charge in [0, 0.05) is 24.1 Å². The standard InChI is InChI=1S/C14H19BrN2O2.ClH/c1-2-17(14(18)11-9-16-10-11)7-8-19-13-5-3-12(15)4-6-13;/h3-6,11,16H,2,7-10H2,1H3;1H. The van der Waals surface area contributed by atoms with E-state index in [2.05, 4.69) is 21.2 Å². The van der Waals surface area contributed by atoms with E-state index in [1.165, 1.54) is 0 Å².